The molecule has 95 heavy (non-hydrogen) atoms. The molecule has 0 aliphatic rings. The number of nitrogens with one attached hydrogen (secondary N) is 3. The Morgan fingerprint density at radius 1 is 0.558 bits per heavy atom. The van der Waals surface area contributed by atoms with Crippen LogP contribution in [0.1, 0.15) is 69.0 Å². The number of rotatable bonds is 23. The molecular formula is C64H69Cl2F10N15O4. The minimum Gasteiger partial charge on any atom is -0.394 e. The second-order valence-corrected chi connectivity index (χ2v) is 21.6. The lowest BCUT2D eigenvalue weighted by Crippen LogP contribution is -2.60. The fourth-order valence-electron chi connectivity index (χ4n) is 9.08. The van der Waals surface area contributed by atoms with Crippen LogP contribution in [-0.2, 0) is 13.1 Å². The van der Waals surface area contributed by atoms with E-state index in [2.05, 4.69) is 82.1 Å². The van der Waals surface area contributed by atoms with Crippen LogP contribution in [0.3, 0.4) is 0 Å². The van der Waals surface area contributed by atoms with Crippen LogP contribution < -0.4 is 21.7 Å². The molecule has 6 aromatic heterocycles. The van der Waals surface area contributed by atoms with Crippen molar-refractivity contribution in [1.29, 1.82) is 0 Å². The maximum absolute atomic E-state index is 14.8. The number of benzene rings is 4. The van der Waals surface area contributed by atoms with Gasteiger partial charge in [-0.25, -0.2) is 37.5 Å². The molecule has 0 radical (unpaired) electrons. The van der Waals surface area contributed by atoms with Crippen LogP contribution >= 0.6 is 24.0 Å². The van der Waals surface area contributed by atoms with Gasteiger partial charge in [-0.15, -0.1) is 12.4 Å². The van der Waals surface area contributed by atoms with E-state index in [0.29, 0.717) is 50.7 Å². The quantitative estimate of drug-likeness (QED) is 0.0257. The van der Waals surface area contributed by atoms with E-state index in [0.717, 1.165) is 26.2 Å². The second-order valence-electron chi connectivity index (χ2n) is 21.2. The zero-order valence-electron chi connectivity index (χ0n) is 51.8. The summed E-state index contributed by atoms with van der Waals surface area (Å²) in [7, 11) is 0. The first-order chi connectivity index (χ1) is 44.9. The van der Waals surface area contributed by atoms with Crippen LogP contribution in [0.5, 0.6) is 0 Å². The highest BCUT2D eigenvalue weighted by atomic mass is 35.5. The maximum atomic E-state index is 14.8. The predicted molar refractivity (Wildman–Crippen MR) is 339 cm³/mol. The van der Waals surface area contributed by atoms with Gasteiger partial charge >= 0.3 is 12.4 Å². The van der Waals surface area contributed by atoms with E-state index in [1.165, 1.54) is 55.0 Å². The Kier molecular flexibility index (Phi) is 27.5. The molecule has 2 unspecified atom stereocenters. The first-order valence-electron chi connectivity index (χ1n) is 29.2. The number of aliphatic hydroxyl groups excluding tert-OH is 2. The standard InChI is InChI=1S/C29H26F5N7O2.C17H10ClF2N5O.C12H17F3N2O.C6H15N.ClH/c1-28(29(32,33)34,38-24(16-42)18-7-3-2-4-8-18)17-36-26-21(31)14-35-27(37-26)23-13-25(22-11-12-43-40-22)41(39-23)15-19-9-5-6-10-20(19)30;18-16-12(20)8-21-17(22-16)14-7-15(13-5-6-26-24-13)25(23-14)9-10-3-1-2-4-11(10)19;1-11(8-16,12(13,14)15)17-10(7-18)9-5-3-2-4-6-9;1-4-7(5-2)6-3;/h2-14,24,38,42H,15-17H2,1H3,(H,35,36,37);1-8H,9H2;2-6,10,17-18H,7-8,16H2,1H3;4-6H2,1-3H3;1H/t24?,28-;;10?,11-;;/m0.0../s1. The third-order valence-corrected chi connectivity index (χ3v) is 15.1. The molecule has 0 aliphatic carbocycles. The number of aromatic nitrogens is 10. The van der Waals surface area contributed by atoms with Gasteiger partial charge in [-0.3, -0.25) is 20.0 Å². The van der Waals surface area contributed by atoms with Gasteiger partial charge in [-0.05, 0) is 68.9 Å². The van der Waals surface area contributed by atoms with E-state index in [4.69, 9.17) is 26.4 Å². The molecule has 10 aromatic rings. The minimum atomic E-state index is -4.80. The van der Waals surface area contributed by atoms with E-state index in [-0.39, 0.29) is 53.8 Å². The monoisotopic (exact) mass is 1370 g/mol. The number of alkyl halides is 6. The van der Waals surface area contributed by atoms with Crippen molar-refractivity contribution in [1.82, 2.24) is 65.3 Å². The van der Waals surface area contributed by atoms with Crippen molar-refractivity contribution in [3.8, 4) is 45.8 Å². The molecule has 508 valence electrons. The highest BCUT2D eigenvalue weighted by Gasteiger charge is 2.53. The topological polar surface area (TPSA) is 245 Å². The molecule has 0 aliphatic heterocycles. The number of anilines is 1. The molecule has 19 nitrogen and oxygen atoms in total. The van der Waals surface area contributed by atoms with Crippen LogP contribution in [0, 0.1) is 23.3 Å². The average molecular weight is 1370 g/mol. The van der Waals surface area contributed by atoms with Gasteiger partial charge in [0.25, 0.3) is 0 Å². The average Bonchev–Trinajstić information content (AvgIpc) is 1.51. The Balaban J connectivity index is 0.000000232. The van der Waals surface area contributed by atoms with E-state index >= 15 is 0 Å². The Hall–Kier alpha value is -8.68. The summed E-state index contributed by atoms with van der Waals surface area (Å²) in [5, 5.41) is 42.7. The van der Waals surface area contributed by atoms with Gasteiger partial charge in [0.2, 0.25) is 0 Å². The lowest BCUT2D eigenvalue weighted by molar-refractivity contribution is -0.191. The number of hydrogen-bond donors (Lipinski definition) is 6. The van der Waals surface area contributed by atoms with Crippen molar-refractivity contribution in [3.05, 3.63) is 209 Å². The number of nitrogens with two attached hydrogens (primary N) is 1. The predicted octanol–water partition coefficient (Wildman–Crippen LogP) is 12.7. The smallest absolute Gasteiger partial charge is 0.394 e. The van der Waals surface area contributed by atoms with E-state index < -0.39 is 85.1 Å². The summed E-state index contributed by atoms with van der Waals surface area (Å²) in [5.74, 6) is -2.96. The minimum absolute atomic E-state index is 0. The number of halogens is 12. The van der Waals surface area contributed by atoms with Crippen LogP contribution in [0.2, 0.25) is 5.15 Å². The van der Waals surface area contributed by atoms with E-state index in [1.807, 2.05) is 0 Å². The molecule has 0 saturated heterocycles. The lowest BCUT2D eigenvalue weighted by atomic mass is 9.97. The highest BCUT2D eigenvalue weighted by molar-refractivity contribution is 6.29. The first kappa shape index (κ1) is 75.3. The Bertz CT molecular complexity index is 3920. The van der Waals surface area contributed by atoms with E-state index in [9.17, 15) is 54.1 Å². The summed E-state index contributed by atoms with van der Waals surface area (Å²) >= 11 is 5.72. The molecule has 7 N–H and O–H groups in total. The summed E-state index contributed by atoms with van der Waals surface area (Å²) in [6.07, 6.45) is -4.74. The Morgan fingerprint density at radius 2 is 0.968 bits per heavy atom. The van der Waals surface area contributed by atoms with Crippen molar-refractivity contribution in [2.75, 3.05) is 51.3 Å². The summed E-state index contributed by atoms with van der Waals surface area (Å²) in [5.41, 5.74) is 4.55. The number of hydrogen-bond acceptors (Lipinski definition) is 17. The largest absolute Gasteiger partial charge is 0.408 e. The summed E-state index contributed by atoms with van der Waals surface area (Å²) in [4.78, 5) is 18.3. The molecule has 10 rings (SSSR count). The molecule has 0 spiro atoms. The molecule has 6 heterocycles. The zero-order chi connectivity index (χ0) is 68.2. The van der Waals surface area contributed by atoms with Crippen LogP contribution in [0.4, 0.5) is 49.7 Å². The SMILES string of the molecule is CCN(CC)CC.C[C@@](CN)(NC(CO)c1ccccc1)C(F)(F)F.C[C@@](CNc1nc(-c2cc(-c3ccon3)n(Cc3ccccc3F)n2)ncc1F)(NC(CO)c1ccccc1)C(F)(F)F.Cl.Fc1ccccc1Cn1nc(-c2ncc(F)c(Cl)n2)cc1-c1ccon1. The van der Waals surface area contributed by atoms with Crippen molar-refractivity contribution in [3.63, 3.8) is 0 Å². The van der Waals surface area contributed by atoms with Gasteiger partial charge in [0.1, 0.15) is 58.0 Å². The van der Waals surface area contributed by atoms with Gasteiger partial charge in [0.15, 0.2) is 34.3 Å². The van der Waals surface area contributed by atoms with Crippen LogP contribution in [0.25, 0.3) is 45.8 Å². The summed E-state index contributed by atoms with van der Waals surface area (Å²) < 4.78 is 151. The number of nitrogens with zero attached hydrogens (tertiary/aromatic N) is 11. The van der Waals surface area contributed by atoms with Crippen molar-refractivity contribution < 1.29 is 63.2 Å². The van der Waals surface area contributed by atoms with Gasteiger partial charge in [-0.2, -0.15) is 36.5 Å². The first-order valence-corrected chi connectivity index (χ1v) is 29.6. The van der Waals surface area contributed by atoms with Gasteiger partial charge in [0, 0.05) is 36.3 Å². The zero-order valence-corrected chi connectivity index (χ0v) is 53.4. The lowest BCUT2D eigenvalue weighted by Gasteiger charge is -2.36. The normalized spacial score (nSPS) is 13.3. The fraction of sp³-hybridized carbons (Fsp3) is 0.312. The maximum Gasteiger partial charge on any atom is 0.408 e. The highest BCUT2D eigenvalue weighted by Crippen LogP contribution is 2.35. The molecule has 0 saturated carbocycles. The third-order valence-electron chi connectivity index (χ3n) is 14.8. The molecule has 0 amide bonds. The Morgan fingerprint density at radius 3 is 1.34 bits per heavy atom. The fourth-order valence-corrected chi connectivity index (χ4v) is 9.21. The third kappa shape index (κ3) is 19.9. The molecule has 4 aromatic carbocycles. The van der Waals surface area contributed by atoms with Crippen LogP contribution in [-0.4, -0.2) is 134 Å². The summed E-state index contributed by atoms with van der Waals surface area (Å²) in [6, 6.07) is 33.7. The van der Waals surface area contributed by atoms with Gasteiger partial charge in [0.05, 0.1) is 62.2 Å². The molecule has 0 fully saturated rings. The van der Waals surface area contributed by atoms with Gasteiger partial charge < -0.3 is 35.2 Å². The molecule has 31 heteroatoms. The van der Waals surface area contributed by atoms with Gasteiger partial charge in [-0.1, -0.05) is 140 Å². The van der Waals surface area contributed by atoms with Crippen molar-refractivity contribution in [2.45, 2.75) is 83.2 Å². The molecule has 4 atom stereocenters. The number of aliphatic hydroxyl groups is 2. The second kappa shape index (κ2) is 34.6. The van der Waals surface area contributed by atoms with E-state index in [1.54, 1.807) is 120 Å². The Labute approximate surface area is 551 Å². The molecule has 0 bridgehead atoms. The summed E-state index contributed by atoms with van der Waals surface area (Å²) in [6.45, 7) is 9.70. The van der Waals surface area contributed by atoms with Crippen molar-refractivity contribution >= 4 is 29.8 Å². The van der Waals surface area contributed by atoms with Crippen molar-refractivity contribution in [2.24, 2.45) is 5.73 Å². The molecular weight excluding hydrogens is 1300 g/mol. The van der Waals surface area contributed by atoms with Crippen LogP contribution in [0.15, 0.2) is 167 Å².